The molecule has 1 aliphatic rings. The third-order valence-electron chi connectivity index (χ3n) is 4.70. The van der Waals surface area contributed by atoms with Gasteiger partial charge in [0.1, 0.15) is 5.78 Å². The van der Waals surface area contributed by atoms with E-state index in [0.717, 1.165) is 18.4 Å². The maximum absolute atomic E-state index is 11.8. The minimum absolute atomic E-state index is 0.0247. The molecule has 110 valence electrons. The molecule has 1 aromatic rings. The highest BCUT2D eigenvalue weighted by Gasteiger charge is 2.38. The summed E-state index contributed by atoms with van der Waals surface area (Å²) in [4.78, 5) is 14.1. The van der Waals surface area contributed by atoms with E-state index >= 15 is 0 Å². The largest absolute Gasteiger partial charge is 0.394 e. The van der Waals surface area contributed by atoms with Crippen LogP contribution >= 0.6 is 0 Å². The molecule has 0 aliphatic carbocycles. The first kappa shape index (κ1) is 15.2. The van der Waals surface area contributed by atoms with Crippen LogP contribution in [-0.4, -0.2) is 34.5 Å². The van der Waals surface area contributed by atoms with E-state index in [-0.39, 0.29) is 30.4 Å². The third kappa shape index (κ3) is 2.94. The fraction of sp³-hybridized carbons (Fsp3) is 0.588. The number of piperidine rings is 1. The second-order valence-electron chi connectivity index (χ2n) is 5.94. The van der Waals surface area contributed by atoms with E-state index in [0.29, 0.717) is 6.04 Å². The van der Waals surface area contributed by atoms with E-state index in [1.165, 1.54) is 0 Å². The molecule has 1 heterocycles. The minimum atomic E-state index is -0.0247. The predicted octanol–water partition coefficient (Wildman–Crippen LogP) is 2.80. The van der Waals surface area contributed by atoms with E-state index < -0.39 is 0 Å². The number of rotatable bonds is 4. The predicted molar refractivity (Wildman–Crippen MR) is 80.4 cm³/mol. The Morgan fingerprint density at radius 1 is 1.30 bits per heavy atom. The summed E-state index contributed by atoms with van der Waals surface area (Å²) in [5, 5.41) is 9.87. The molecule has 0 aromatic heterocycles. The van der Waals surface area contributed by atoms with Gasteiger partial charge in [0.25, 0.3) is 0 Å². The molecule has 0 bridgehead atoms. The number of nitrogens with zero attached hydrogens (tertiary/aromatic N) is 1. The number of benzene rings is 1. The van der Waals surface area contributed by atoms with Crippen LogP contribution in [0.15, 0.2) is 30.3 Å². The number of ketones is 1. The monoisotopic (exact) mass is 275 g/mol. The van der Waals surface area contributed by atoms with E-state index in [1.54, 1.807) is 6.92 Å². The van der Waals surface area contributed by atoms with Crippen LogP contribution in [0.4, 0.5) is 0 Å². The lowest BCUT2D eigenvalue weighted by Crippen LogP contribution is -2.52. The number of Topliss-reactive ketones (excluding diaryl/α,β-unsaturated/α-hetero) is 1. The molecular weight excluding hydrogens is 250 g/mol. The minimum Gasteiger partial charge on any atom is -0.394 e. The van der Waals surface area contributed by atoms with Crippen molar-refractivity contribution in [1.29, 1.82) is 0 Å². The van der Waals surface area contributed by atoms with Gasteiger partial charge in [-0.25, -0.2) is 0 Å². The molecule has 1 fully saturated rings. The van der Waals surface area contributed by atoms with E-state index in [4.69, 9.17) is 0 Å². The first-order chi connectivity index (χ1) is 9.56. The third-order valence-corrected chi connectivity index (χ3v) is 4.70. The van der Waals surface area contributed by atoms with E-state index in [9.17, 15) is 9.90 Å². The second-order valence-corrected chi connectivity index (χ2v) is 5.94. The molecule has 1 aromatic carbocycles. The number of carbonyl (C=O) groups is 1. The van der Waals surface area contributed by atoms with Gasteiger partial charge in [0.05, 0.1) is 12.6 Å². The number of likely N-dealkylation sites (tertiary alicyclic amines) is 1. The second kappa shape index (κ2) is 6.51. The van der Waals surface area contributed by atoms with Gasteiger partial charge in [0, 0.05) is 18.0 Å². The summed E-state index contributed by atoms with van der Waals surface area (Å²) in [7, 11) is 0. The molecular formula is C17H25NO2. The van der Waals surface area contributed by atoms with Crippen molar-refractivity contribution < 1.29 is 9.90 Å². The molecule has 2 rings (SSSR count). The summed E-state index contributed by atoms with van der Waals surface area (Å²) < 4.78 is 0. The van der Waals surface area contributed by atoms with Gasteiger partial charge < -0.3 is 5.11 Å². The Kier molecular flexibility index (Phi) is 4.95. The molecule has 0 unspecified atom stereocenters. The van der Waals surface area contributed by atoms with Crippen LogP contribution in [0.2, 0.25) is 0 Å². The van der Waals surface area contributed by atoms with Crippen LogP contribution in [-0.2, 0) is 4.79 Å². The van der Waals surface area contributed by atoms with Gasteiger partial charge in [0.15, 0.2) is 0 Å². The zero-order chi connectivity index (χ0) is 14.7. The van der Waals surface area contributed by atoms with Crippen LogP contribution in [0.1, 0.15) is 45.2 Å². The highest BCUT2D eigenvalue weighted by Crippen LogP contribution is 2.35. The summed E-state index contributed by atoms with van der Waals surface area (Å²) in [5.41, 5.74) is 1.12. The molecule has 0 spiro atoms. The maximum atomic E-state index is 11.8. The van der Waals surface area contributed by atoms with Gasteiger partial charge in [-0.15, -0.1) is 0 Å². The fourth-order valence-corrected chi connectivity index (χ4v) is 3.60. The van der Waals surface area contributed by atoms with Crippen LogP contribution in [0, 0.1) is 5.92 Å². The Labute approximate surface area is 121 Å². The van der Waals surface area contributed by atoms with Crippen molar-refractivity contribution in [2.75, 3.05) is 6.61 Å². The van der Waals surface area contributed by atoms with Gasteiger partial charge in [-0.3, -0.25) is 9.69 Å². The van der Waals surface area contributed by atoms with Gasteiger partial charge in [0.2, 0.25) is 0 Å². The molecule has 0 amide bonds. The molecule has 20 heavy (non-hydrogen) atoms. The number of hydrogen-bond donors (Lipinski definition) is 1. The topological polar surface area (TPSA) is 40.5 Å². The lowest BCUT2D eigenvalue weighted by atomic mass is 9.82. The standard InChI is InChI=1S/C17H25NO2/c1-12-9-10-16(14(3)20)13(2)18(12)17(11-19)15-7-5-4-6-8-15/h4-8,12-13,16-17,19H,9-11H2,1-3H3/t12-,13+,16+,17+/m0/s1. The Bertz CT molecular complexity index is 446. The zero-order valence-electron chi connectivity index (χ0n) is 12.6. The van der Waals surface area contributed by atoms with Crippen LogP contribution in [0.3, 0.4) is 0 Å². The van der Waals surface area contributed by atoms with Crippen molar-refractivity contribution in [3.8, 4) is 0 Å². The smallest absolute Gasteiger partial charge is 0.134 e. The summed E-state index contributed by atoms with van der Waals surface area (Å²) in [6.45, 7) is 6.08. The molecule has 1 aliphatic heterocycles. The number of hydrogen-bond acceptors (Lipinski definition) is 3. The first-order valence-electron chi connectivity index (χ1n) is 7.50. The Morgan fingerprint density at radius 2 is 1.95 bits per heavy atom. The molecule has 1 saturated heterocycles. The molecule has 1 N–H and O–H groups in total. The van der Waals surface area contributed by atoms with Crippen molar-refractivity contribution in [2.45, 2.75) is 51.7 Å². The van der Waals surface area contributed by atoms with E-state index in [1.807, 2.05) is 18.2 Å². The Balaban J connectivity index is 2.29. The first-order valence-corrected chi connectivity index (χ1v) is 7.50. The lowest BCUT2D eigenvalue weighted by molar-refractivity contribution is -0.126. The van der Waals surface area contributed by atoms with Crippen molar-refractivity contribution in [2.24, 2.45) is 5.92 Å². The Morgan fingerprint density at radius 3 is 2.50 bits per heavy atom. The molecule has 4 atom stereocenters. The molecule has 3 heteroatoms. The van der Waals surface area contributed by atoms with Crippen molar-refractivity contribution in [3.05, 3.63) is 35.9 Å². The number of aliphatic hydroxyl groups is 1. The maximum Gasteiger partial charge on any atom is 0.134 e. The van der Waals surface area contributed by atoms with Crippen LogP contribution in [0.5, 0.6) is 0 Å². The van der Waals surface area contributed by atoms with Crippen molar-refractivity contribution in [3.63, 3.8) is 0 Å². The fourth-order valence-electron chi connectivity index (χ4n) is 3.60. The lowest BCUT2D eigenvalue weighted by Gasteiger charge is -2.47. The highest BCUT2D eigenvalue weighted by molar-refractivity contribution is 5.79. The normalized spacial score (nSPS) is 29.1. The molecule has 3 nitrogen and oxygen atoms in total. The highest BCUT2D eigenvalue weighted by atomic mass is 16.3. The number of aliphatic hydroxyl groups excluding tert-OH is 1. The average molecular weight is 275 g/mol. The van der Waals surface area contributed by atoms with Crippen molar-refractivity contribution in [1.82, 2.24) is 4.90 Å². The average Bonchev–Trinajstić information content (AvgIpc) is 2.44. The summed E-state index contributed by atoms with van der Waals surface area (Å²) in [6, 6.07) is 10.6. The quantitative estimate of drug-likeness (QED) is 0.918. The van der Waals surface area contributed by atoms with Gasteiger partial charge in [-0.1, -0.05) is 30.3 Å². The van der Waals surface area contributed by atoms with E-state index in [2.05, 4.69) is 30.9 Å². The van der Waals surface area contributed by atoms with Gasteiger partial charge in [-0.2, -0.15) is 0 Å². The van der Waals surface area contributed by atoms with Crippen molar-refractivity contribution >= 4 is 5.78 Å². The SMILES string of the molecule is CC(=O)[C@@H]1CC[C@H](C)N([C@H](CO)c2ccccc2)[C@@H]1C. The van der Waals surface area contributed by atoms with Crippen LogP contribution < -0.4 is 0 Å². The molecule has 0 saturated carbocycles. The number of carbonyl (C=O) groups excluding carboxylic acids is 1. The van der Waals surface area contributed by atoms with Gasteiger partial charge in [-0.05, 0) is 39.2 Å². The molecule has 0 radical (unpaired) electrons. The van der Waals surface area contributed by atoms with Gasteiger partial charge >= 0.3 is 0 Å². The van der Waals surface area contributed by atoms with Crippen LogP contribution in [0.25, 0.3) is 0 Å². The summed E-state index contributed by atoms with van der Waals surface area (Å²) >= 11 is 0. The zero-order valence-corrected chi connectivity index (χ0v) is 12.6. The summed E-state index contributed by atoms with van der Waals surface area (Å²) in [5.74, 6) is 0.350. The Hall–Kier alpha value is -1.19. The summed E-state index contributed by atoms with van der Waals surface area (Å²) in [6.07, 6.45) is 1.97.